The molecular formula is C97H140BN21O23S. The van der Waals surface area contributed by atoms with Gasteiger partial charge in [-0.2, -0.15) is 0 Å². The van der Waals surface area contributed by atoms with Crippen LogP contribution < -0.4 is 81.1 Å². The number of carboxylic acids is 1. The Labute approximate surface area is 834 Å². The number of rotatable bonds is 57. The van der Waals surface area contributed by atoms with Crippen LogP contribution in [-0.4, -0.2) is 344 Å². The first-order valence-electron chi connectivity index (χ1n) is 48.0. The Balaban J connectivity index is 1.03. The van der Waals surface area contributed by atoms with Crippen LogP contribution in [0.25, 0.3) is 21.8 Å². The molecule has 6 aromatic rings. The van der Waals surface area contributed by atoms with Crippen molar-refractivity contribution in [1.29, 1.82) is 0 Å². The summed E-state index contributed by atoms with van der Waals surface area (Å²) in [5, 5.41) is 84.0. The Bertz CT molecular complexity index is 5420. The quantitative estimate of drug-likeness (QED) is 0.0132. The maximum atomic E-state index is 15.7. The zero-order valence-corrected chi connectivity index (χ0v) is 83.8. The van der Waals surface area contributed by atoms with Crippen LogP contribution in [0.5, 0.6) is 5.75 Å². The second-order valence-electron chi connectivity index (χ2n) is 37.1. The van der Waals surface area contributed by atoms with Gasteiger partial charge >= 0.3 is 13.1 Å². The number of amides is 16. The van der Waals surface area contributed by atoms with Crippen molar-refractivity contribution in [2.75, 3.05) is 86.1 Å². The van der Waals surface area contributed by atoms with Gasteiger partial charge in [-0.25, -0.2) is 0 Å². The predicted octanol–water partition coefficient (Wildman–Crippen LogP) is -3.16. The van der Waals surface area contributed by atoms with Crippen molar-refractivity contribution in [3.63, 3.8) is 0 Å². The summed E-state index contributed by atoms with van der Waals surface area (Å²) in [5.41, 5.74) is 20.8. The number of likely N-dealkylation sites (tertiary alicyclic amines) is 2. The molecule has 2 aliphatic rings. The largest absolute Gasteiger partial charge is 0.508 e. The molecule has 0 saturated carbocycles. The molecule has 2 saturated heterocycles. The van der Waals surface area contributed by atoms with Crippen LogP contribution in [0.2, 0.25) is 0 Å². The number of thioether (sulfide) groups is 1. The number of aliphatic hydroxyl groups excluding tert-OH is 2. The van der Waals surface area contributed by atoms with E-state index >= 15 is 28.8 Å². The summed E-state index contributed by atoms with van der Waals surface area (Å²) in [6.45, 7) is 9.72. The number of hydrogen-bond donors (Lipinski definition) is 20. The molecule has 0 bridgehead atoms. The summed E-state index contributed by atoms with van der Waals surface area (Å²) in [7, 11) is 5.95. The SMILES string of the molecule is CCCC[C@@H](C(=O)N(C)C)N(C)C(=O)[C@H](Cc1cn(CC(=O)O)c2ccccc12)NC(=O)[C@H](CCNCc1ccc(B(O)OC)cc1)NC(=O)[C@H](Cc1c[nH]c2ccccc12)NC(=O)[C@@H]1C[C@@H](O)CN1C(=O)[C@@H](NC(=O)[C@H](CNCC(C)O)NC(=O)[C@@H]1CCCN1C(=O)[C@H](CC(N)=O)NC(=O)[C@H](C)N(C)C(=O)[C@H](Cc1ccc(O)cc1)NC(=O)CSC[C@H](NC(=O)[C@@H](N)CC(C)C)C(=O)NCC(N)=O)C(C)CC. The molecule has 0 aliphatic carbocycles. The minimum absolute atomic E-state index is 0.00944. The molecule has 2 aliphatic heterocycles. The first-order valence-corrected chi connectivity index (χ1v) is 49.1. The fraction of sp³-hybridized carbons (Fsp3) is 0.536. The summed E-state index contributed by atoms with van der Waals surface area (Å²) in [6, 6.07) is 7.71. The Morgan fingerprint density at radius 2 is 1.22 bits per heavy atom. The lowest BCUT2D eigenvalue weighted by molar-refractivity contribution is -0.145. The molecule has 23 N–H and O–H groups in total. The normalized spacial score (nSPS) is 16.8. The summed E-state index contributed by atoms with van der Waals surface area (Å²) in [5.74, 6) is -16.3. The predicted molar refractivity (Wildman–Crippen MR) is 533 cm³/mol. The zero-order valence-electron chi connectivity index (χ0n) is 83.0. The standard InChI is InChI=1S/C97H140BN21O23S/c1-13-15-24-78(96(139)114(8)9)116(11)94(137)72(41-61-49-117(51-83(126)127)76-25-19-17-22-66(61)76)110-88(131)69(35-36-102-45-59-27-31-62(32-28-59)98(141)142-12)107-89(132)70(40-60-46-104-68-23-18-16-21-65(60)68)108-92(135)79-42-64(122)50-119(79)97(140)84(55(5)14-2)113-90(133)74(47-103-44-56(6)120)111-91(134)77-26-20-37-118(77)95(138)73(43-80(100)123)109-85(128)57(7)115(10)93(136)71(39-58-29-33-63(121)34-30-58)106-82(125)53-143-52-75(87(130)105-48-81(101)124)112-86(129)67(99)38-54(3)4/h16-19,21-23,25,27-34,46,49,54-57,64,67,69-75,77-79,84,102-104,120-122,141H,13-15,20,24,26,35-45,47-48,50-53,99H2,1-12H3,(H2,100,123)(H2,101,124)(H,105,130)(H,106,125)(H,107,132)(H,108,135)(H,109,128)(H,110,131)(H,111,134)(H,112,129)(H,113,133)(H,126,127)/t55?,56?,57-,64+,67-,69-,70-,71-,72-,73-,74-,75-,77-,78-,79-,84-/m0/s1. The van der Waals surface area contributed by atoms with Gasteiger partial charge in [0.1, 0.15) is 84.8 Å². The summed E-state index contributed by atoms with van der Waals surface area (Å²) < 4.78 is 6.57. The number of benzene rings is 4. The number of likely N-dealkylation sites (N-methyl/N-ethyl adjacent to an activating group) is 3. The van der Waals surface area contributed by atoms with Crippen molar-refractivity contribution >= 4 is 147 Å². The van der Waals surface area contributed by atoms with Gasteiger partial charge < -0.3 is 140 Å². The number of nitrogens with zero attached hydrogens (tertiary/aromatic N) is 6. The topological polar surface area (TPSA) is 648 Å². The fourth-order valence-corrected chi connectivity index (χ4v) is 17.9. The number of nitrogens with one attached hydrogen (secondary N) is 12. The molecular weight excluding hydrogens is 1870 g/mol. The minimum atomic E-state index is -1.78. The third-order valence-electron chi connectivity index (χ3n) is 25.3. The number of primary amides is 2. The fourth-order valence-electron chi connectivity index (χ4n) is 17.1. The lowest BCUT2D eigenvalue weighted by atomic mass is 9.79. The van der Waals surface area contributed by atoms with E-state index in [-0.39, 0.29) is 101 Å². The van der Waals surface area contributed by atoms with Gasteiger partial charge in [0.15, 0.2) is 0 Å². The van der Waals surface area contributed by atoms with Crippen molar-refractivity contribution < 1.29 is 112 Å². The highest BCUT2D eigenvalue weighted by atomic mass is 32.2. The van der Waals surface area contributed by atoms with Gasteiger partial charge in [-0.1, -0.05) is 127 Å². The van der Waals surface area contributed by atoms with Gasteiger partial charge in [0.25, 0.3) is 0 Å². The maximum absolute atomic E-state index is 15.7. The summed E-state index contributed by atoms with van der Waals surface area (Å²) in [6.07, 6.45) is 0.743. The number of aliphatic carboxylic acids is 1. The van der Waals surface area contributed by atoms with Gasteiger partial charge in [0.2, 0.25) is 94.5 Å². The monoisotopic (exact) mass is 2010 g/mol. The van der Waals surface area contributed by atoms with Gasteiger partial charge in [-0.05, 0) is 116 Å². The third kappa shape index (κ3) is 33.8. The highest BCUT2D eigenvalue weighted by Gasteiger charge is 2.47. The number of hydrogen-bond acceptors (Lipinski definition) is 26. The average molecular weight is 2010 g/mol. The Morgan fingerprint density at radius 3 is 1.87 bits per heavy atom. The molecule has 143 heavy (non-hydrogen) atoms. The summed E-state index contributed by atoms with van der Waals surface area (Å²) >= 11 is 0.873. The number of fused-ring (bicyclic) bond motifs is 2. The second-order valence-corrected chi connectivity index (χ2v) is 38.2. The van der Waals surface area contributed by atoms with E-state index in [1.165, 1.54) is 73.7 Å². The van der Waals surface area contributed by atoms with Crippen LogP contribution in [0.4, 0.5) is 0 Å². The molecule has 46 heteroatoms. The van der Waals surface area contributed by atoms with Gasteiger partial charge in [0, 0.05) is 134 Å². The number of aromatic nitrogens is 2. The molecule has 8 rings (SSSR count). The lowest BCUT2D eigenvalue weighted by Gasteiger charge is -2.34. The molecule has 0 spiro atoms. The molecule has 4 heterocycles. The highest BCUT2D eigenvalue weighted by molar-refractivity contribution is 8.00. The van der Waals surface area contributed by atoms with Gasteiger partial charge in [0.05, 0.1) is 37.0 Å². The summed E-state index contributed by atoms with van der Waals surface area (Å²) in [4.78, 5) is 252. The smallest absolute Gasteiger partial charge is 0.490 e. The first kappa shape index (κ1) is 115. The number of unbranched alkanes of at least 4 members (excludes halogenated alkanes) is 1. The third-order valence-corrected chi connectivity index (χ3v) is 26.3. The molecule has 16 atom stereocenters. The number of H-pyrrole nitrogens is 1. The van der Waals surface area contributed by atoms with Crippen LogP contribution >= 0.6 is 11.8 Å². The van der Waals surface area contributed by atoms with E-state index in [0.29, 0.717) is 56.8 Å². The molecule has 4 aromatic carbocycles. The van der Waals surface area contributed by atoms with E-state index in [4.69, 9.17) is 21.9 Å². The molecule has 0 radical (unpaired) electrons. The highest BCUT2D eigenvalue weighted by Crippen LogP contribution is 2.29. The molecule has 2 aromatic heterocycles. The Hall–Kier alpha value is -13.1. The van der Waals surface area contributed by atoms with Crippen molar-refractivity contribution in [2.24, 2.45) is 29.0 Å². The molecule has 2 fully saturated rings. The number of phenols is 1. The molecule has 16 amide bonds. The average Bonchev–Trinajstić information content (AvgIpc) is 1.60. The second kappa shape index (κ2) is 55.5. The number of β-amino-alcohol motifs (C(OH)–C–C–N with tert-alkyl or cyclic N) is 1. The number of aromatic amines is 1. The lowest BCUT2D eigenvalue weighted by Crippen LogP contribution is -2.62. The molecule has 2 unspecified atom stereocenters. The van der Waals surface area contributed by atoms with Crippen molar-refractivity contribution in [2.45, 2.75) is 236 Å². The molecule has 780 valence electrons. The first-order chi connectivity index (χ1) is 67.8. The Morgan fingerprint density at radius 1 is 0.615 bits per heavy atom. The van der Waals surface area contributed by atoms with Gasteiger partial charge in [-0.3, -0.25) is 81.5 Å². The number of carboxylic acid groups (broad SMARTS) is 1. The van der Waals surface area contributed by atoms with E-state index in [1.807, 2.05) is 20.8 Å². The van der Waals surface area contributed by atoms with Crippen molar-refractivity contribution in [3.8, 4) is 5.75 Å². The van der Waals surface area contributed by atoms with Crippen molar-refractivity contribution in [1.82, 2.24) is 92.5 Å². The van der Waals surface area contributed by atoms with Crippen molar-refractivity contribution in [3.05, 3.63) is 132 Å². The van der Waals surface area contributed by atoms with E-state index in [9.17, 15) is 78.2 Å². The minimum Gasteiger partial charge on any atom is -0.508 e. The Kier molecular flexibility index (Phi) is 44.7. The number of carbonyl (C=O) groups excluding carboxylic acids is 16. The van der Waals surface area contributed by atoms with Crippen LogP contribution in [0, 0.1) is 11.8 Å². The number of nitrogens with two attached hydrogens (primary N) is 3. The number of para-hydroxylation sites is 2. The van der Waals surface area contributed by atoms with Gasteiger partial charge in [-0.15, -0.1) is 11.8 Å². The van der Waals surface area contributed by atoms with E-state index in [0.717, 1.165) is 32.0 Å². The zero-order chi connectivity index (χ0) is 105. The number of aliphatic hydroxyl groups is 2. The number of carbonyl (C=O) groups is 17. The molecule has 44 nitrogen and oxygen atoms in total. The maximum Gasteiger partial charge on any atom is 0.490 e. The van der Waals surface area contributed by atoms with E-state index in [1.54, 1.807) is 113 Å². The van der Waals surface area contributed by atoms with Crippen LogP contribution in [0.3, 0.4) is 0 Å². The van der Waals surface area contributed by atoms with E-state index in [2.05, 4.69) is 63.5 Å². The van der Waals surface area contributed by atoms with Crippen LogP contribution in [0.1, 0.15) is 135 Å². The van der Waals surface area contributed by atoms with E-state index < -0.39 is 249 Å². The van der Waals surface area contributed by atoms with Crippen LogP contribution in [0.15, 0.2) is 109 Å². The number of aromatic hydroxyl groups is 1. The number of phenolic OH excluding ortho intramolecular Hbond substituents is 1. The van der Waals surface area contributed by atoms with Crippen LogP contribution in [-0.2, 0) is 119 Å².